The molecule has 3 nitrogen and oxygen atoms in total. The number of nitrogen functional groups attached to an aromatic ring is 1. The molecule has 0 spiro atoms. The number of carbonyl (C=O) groups is 1. The van der Waals surface area contributed by atoms with Crippen molar-refractivity contribution in [3.8, 4) is 0 Å². The zero-order chi connectivity index (χ0) is 14.6. The maximum Gasteiger partial charge on any atom is 0.230 e. The second kappa shape index (κ2) is 4.46. The first-order valence-corrected chi connectivity index (χ1v) is 7.90. The van der Waals surface area contributed by atoms with Gasteiger partial charge in [0, 0.05) is 5.69 Å². The number of hydrogen-bond donors (Lipinski definition) is 2. The molecule has 0 aromatic heterocycles. The van der Waals surface area contributed by atoms with Crippen molar-refractivity contribution >= 4 is 17.3 Å². The fraction of sp³-hybridized carbons (Fsp3) is 0.588. The van der Waals surface area contributed by atoms with Crippen LogP contribution in [-0.4, -0.2) is 5.91 Å². The highest BCUT2D eigenvalue weighted by Gasteiger charge is 2.54. The van der Waals surface area contributed by atoms with E-state index in [2.05, 4.69) is 5.32 Å². The lowest BCUT2D eigenvalue weighted by Crippen LogP contribution is -2.51. The van der Waals surface area contributed by atoms with Crippen LogP contribution in [-0.2, 0) is 4.79 Å². The van der Waals surface area contributed by atoms with Gasteiger partial charge in [-0.2, -0.15) is 0 Å². The number of rotatable bonds is 2. The number of hydrogen-bond acceptors (Lipinski definition) is 2. The fourth-order valence-electron chi connectivity index (χ4n) is 5.28. The van der Waals surface area contributed by atoms with Crippen LogP contribution in [0.2, 0.25) is 0 Å². The van der Waals surface area contributed by atoms with E-state index in [0.29, 0.717) is 23.4 Å². The number of nitrogens with one attached hydrogen (secondary N) is 1. The predicted molar refractivity (Wildman–Crippen MR) is 80.0 cm³/mol. The molecule has 4 aliphatic rings. The van der Waals surface area contributed by atoms with E-state index in [4.69, 9.17) is 5.73 Å². The summed E-state index contributed by atoms with van der Waals surface area (Å²) in [5.74, 6) is 1.69. The molecule has 0 atom stereocenters. The molecule has 0 unspecified atom stereocenters. The molecule has 0 saturated heterocycles. The molecule has 21 heavy (non-hydrogen) atoms. The van der Waals surface area contributed by atoms with Gasteiger partial charge in [-0.05, 0) is 74.5 Å². The third kappa shape index (κ3) is 2.12. The van der Waals surface area contributed by atoms with Gasteiger partial charge in [0.15, 0.2) is 0 Å². The molecule has 0 heterocycles. The molecule has 1 amide bonds. The summed E-state index contributed by atoms with van der Waals surface area (Å²) in [6.07, 6.45) is 6.85. The quantitative estimate of drug-likeness (QED) is 0.817. The molecule has 4 aliphatic carbocycles. The van der Waals surface area contributed by atoms with Crippen LogP contribution in [0.25, 0.3) is 0 Å². The van der Waals surface area contributed by atoms with Crippen LogP contribution in [0.4, 0.5) is 15.8 Å². The number of nitrogens with two attached hydrogens (primary N) is 1. The first-order valence-electron chi connectivity index (χ1n) is 7.90. The topological polar surface area (TPSA) is 55.1 Å². The predicted octanol–water partition coefficient (Wildman–Crippen LogP) is 3.56. The third-order valence-corrected chi connectivity index (χ3v) is 5.76. The van der Waals surface area contributed by atoms with Gasteiger partial charge in [0.05, 0.1) is 11.1 Å². The van der Waals surface area contributed by atoms with E-state index in [9.17, 15) is 9.18 Å². The zero-order valence-corrected chi connectivity index (χ0v) is 12.1. The van der Waals surface area contributed by atoms with E-state index in [1.807, 2.05) is 0 Å². The van der Waals surface area contributed by atoms with Gasteiger partial charge in [0.2, 0.25) is 5.91 Å². The molecular weight excluding hydrogens is 267 g/mol. The summed E-state index contributed by atoms with van der Waals surface area (Å²) >= 11 is 0. The second-order valence-electron chi connectivity index (χ2n) is 7.39. The van der Waals surface area contributed by atoms with Crippen LogP contribution in [0, 0.1) is 29.0 Å². The molecule has 4 heteroatoms. The average Bonchev–Trinajstić information content (AvgIpc) is 2.40. The number of amides is 1. The molecule has 5 rings (SSSR count). The van der Waals surface area contributed by atoms with Crippen molar-refractivity contribution in [3.63, 3.8) is 0 Å². The summed E-state index contributed by atoms with van der Waals surface area (Å²) in [7, 11) is 0. The van der Waals surface area contributed by atoms with E-state index in [1.54, 1.807) is 12.1 Å². The second-order valence-corrected chi connectivity index (χ2v) is 7.39. The monoisotopic (exact) mass is 288 g/mol. The van der Waals surface area contributed by atoms with Gasteiger partial charge in [-0.1, -0.05) is 0 Å². The number of benzene rings is 1. The van der Waals surface area contributed by atoms with Gasteiger partial charge in [0.1, 0.15) is 5.82 Å². The van der Waals surface area contributed by atoms with Crippen molar-refractivity contribution in [3.05, 3.63) is 24.0 Å². The summed E-state index contributed by atoms with van der Waals surface area (Å²) < 4.78 is 13.9. The van der Waals surface area contributed by atoms with Crippen molar-refractivity contribution in [1.82, 2.24) is 0 Å². The maximum absolute atomic E-state index is 13.9. The van der Waals surface area contributed by atoms with Crippen molar-refractivity contribution in [1.29, 1.82) is 0 Å². The minimum atomic E-state index is -0.451. The molecule has 1 aromatic carbocycles. The van der Waals surface area contributed by atoms with E-state index in [-0.39, 0.29) is 17.0 Å². The highest BCUT2D eigenvalue weighted by atomic mass is 19.1. The highest BCUT2D eigenvalue weighted by Crippen LogP contribution is 2.60. The van der Waals surface area contributed by atoms with E-state index in [0.717, 1.165) is 19.3 Å². The van der Waals surface area contributed by atoms with Crippen LogP contribution < -0.4 is 11.1 Å². The Morgan fingerprint density at radius 1 is 1.14 bits per heavy atom. The number of anilines is 2. The van der Waals surface area contributed by atoms with Crippen LogP contribution in [0.1, 0.15) is 38.5 Å². The molecule has 0 radical (unpaired) electrons. The van der Waals surface area contributed by atoms with Crippen LogP contribution in [0.15, 0.2) is 18.2 Å². The van der Waals surface area contributed by atoms with Crippen LogP contribution in [0.5, 0.6) is 0 Å². The number of carbonyl (C=O) groups excluding carboxylic acids is 1. The molecule has 4 fully saturated rings. The van der Waals surface area contributed by atoms with E-state index < -0.39 is 5.82 Å². The Balaban J connectivity index is 1.57. The Labute approximate surface area is 124 Å². The summed E-state index contributed by atoms with van der Waals surface area (Å²) in [4.78, 5) is 12.8. The molecular formula is C17H21FN2O. The smallest absolute Gasteiger partial charge is 0.230 e. The first kappa shape index (κ1) is 13.1. The van der Waals surface area contributed by atoms with Gasteiger partial charge >= 0.3 is 0 Å². The van der Waals surface area contributed by atoms with Crippen LogP contribution >= 0.6 is 0 Å². The van der Waals surface area contributed by atoms with Crippen LogP contribution in [0.3, 0.4) is 0 Å². The standard InChI is InChI=1S/C17H21FN2O/c18-14-6-13(19)1-2-15(14)20-16(21)17-7-10-3-11(8-17)5-12(4-10)9-17/h1-2,6,10-12H,3-5,7-9,19H2,(H,20,21). The van der Waals surface area contributed by atoms with Crippen molar-refractivity contribution in [2.24, 2.45) is 23.2 Å². The Bertz CT molecular complexity index is 563. The molecule has 3 N–H and O–H groups in total. The average molecular weight is 288 g/mol. The summed E-state index contributed by atoms with van der Waals surface area (Å²) in [6.45, 7) is 0. The molecule has 0 aliphatic heterocycles. The molecule has 112 valence electrons. The Kier molecular flexibility index (Phi) is 2.78. The van der Waals surface area contributed by atoms with Gasteiger partial charge in [-0.25, -0.2) is 4.39 Å². The van der Waals surface area contributed by atoms with Crippen molar-refractivity contribution in [2.75, 3.05) is 11.1 Å². The Morgan fingerprint density at radius 3 is 2.24 bits per heavy atom. The maximum atomic E-state index is 13.9. The zero-order valence-electron chi connectivity index (χ0n) is 12.1. The lowest BCUT2D eigenvalue weighted by Gasteiger charge is -2.55. The lowest BCUT2D eigenvalue weighted by atomic mass is 9.49. The third-order valence-electron chi connectivity index (χ3n) is 5.76. The molecule has 1 aromatic rings. The SMILES string of the molecule is Nc1ccc(NC(=O)C23CC4CC(CC(C4)C2)C3)c(F)c1. The Hall–Kier alpha value is -1.58. The summed E-state index contributed by atoms with van der Waals surface area (Å²) in [5.41, 5.74) is 5.93. The molecule has 4 saturated carbocycles. The fourth-order valence-corrected chi connectivity index (χ4v) is 5.28. The Morgan fingerprint density at radius 2 is 1.71 bits per heavy atom. The van der Waals surface area contributed by atoms with Gasteiger partial charge < -0.3 is 11.1 Å². The van der Waals surface area contributed by atoms with Gasteiger partial charge in [-0.15, -0.1) is 0 Å². The van der Waals surface area contributed by atoms with E-state index in [1.165, 1.54) is 25.3 Å². The summed E-state index contributed by atoms with van der Waals surface area (Å²) in [5, 5.41) is 2.82. The first-order chi connectivity index (χ1) is 10.0. The van der Waals surface area contributed by atoms with Crippen molar-refractivity contribution < 1.29 is 9.18 Å². The normalized spacial score (nSPS) is 36.7. The number of halogens is 1. The largest absolute Gasteiger partial charge is 0.399 e. The lowest BCUT2D eigenvalue weighted by molar-refractivity contribution is -0.140. The van der Waals surface area contributed by atoms with Gasteiger partial charge in [-0.3, -0.25) is 4.79 Å². The minimum absolute atomic E-state index is 0.0188. The minimum Gasteiger partial charge on any atom is -0.399 e. The summed E-state index contributed by atoms with van der Waals surface area (Å²) in [6, 6.07) is 4.44. The van der Waals surface area contributed by atoms with Crippen molar-refractivity contribution in [2.45, 2.75) is 38.5 Å². The van der Waals surface area contributed by atoms with Gasteiger partial charge in [0.25, 0.3) is 0 Å². The van der Waals surface area contributed by atoms with E-state index >= 15 is 0 Å². The molecule has 4 bridgehead atoms. The highest BCUT2D eigenvalue weighted by molar-refractivity contribution is 5.95.